The molecule has 1 rings (SSSR count). The number of rotatable bonds is 5. The second-order valence-electron chi connectivity index (χ2n) is 3.73. The summed E-state index contributed by atoms with van der Waals surface area (Å²) in [6, 6.07) is 1.30. The Hall–Kier alpha value is -1.01. The molecule has 0 aliphatic carbocycles. The summed E-state index contributed by atoms with van der Waals surface area (Å²) in [5, 5.41) is 0. The number of carbonyl (C=O) groups is 1. The number of aromatic nitrogens is 1. The van der Waals surface area contributed by atoms with Crippen LogP contribution in [-0.4, -0.2) is 28.7 Å². The molecule has 0 aliphatic rings. The fourth-order valence-electron chi connectivity index (χ4n) is 1.10. The van der Waals surface area contributed by atoms with Crippen LogP contribution in [0.5, 0.6) is 0 Å². The number of hydrogen-bond acceptors (Lipinski definition) is 5. The molecule has 16 heavy (non-hydrogen) atoms. The number of hydrogen-bond donors (Lipinski definition) is 1. The Morgan fingerprint density at radius 3 is 2.88 bits per heavy atom. The maximum absolute atomic E-state index is 11.6. The van der Waals surface area contributed by atoms with Gasteiger partial charge in [0.2, 0.25) is 0 Å². The van der Waals surface area contributed by atoms with Crippen molar-refractivity contribution in [2.45, 2.75) is 13.8 Å². The highest BCUT2D eigenvalue weighted by molar-refractivity contribution is 7.99. The van der Waals surface area contributed by atoms with E-state index in [1.54, 1.807) is 6.92 Å². The van der Waals surface area contributed by atoms with Crippen LogP contribution < -0.4 is 11.3 Å². The second-order valence-corrected chi connectivity index (χ2v) is 4.76. The molecule has 0 spiro atoms. The Morgan fingerprint density at radius 2 is 2.38 bits per heavy atom. The average molecular weight is 244 g/mol. The molecule has 1 unspecified atom stereocenters. The fourth-order valence-corrected chi connectivity index (χ4v) is 2.04. The molecule has 6 heteroatoms. The van der Waals surface area contributed by atoms with Crippen molar-refractivity contribution in [3.05, 3.63) is 22.2 Å². The molecule has 0 saturated heterocycles. The van der Waals surface area contributed by atoms with Crippen LogP contribution in [0.3, 0.4) is 0 Å². The molecule has 0 fully saturated rings. The molecule has 0 aliphatic heterocycles. The summed E-state index contributed by atoms with van der Waals surface area (Å²) in [7, 11) is 0. The third-order valence-electron chi connectivity index (χ3n) is 2.02. The molecule has 5 nitrogen and oxygen atoms in total. The van der Waals surface area contributed by atoms with Crippen molar-refractivity contribution in [1.29, 1.82) is 0 Å². The van der Waals surface area contributed by atoms with Gasteiger partial charge in [0, 0.05) is 6.07 Å². The lowest BCUT2D eigenvalue weighted by molar-refractivity contribution is 0.0813. The van der Waals surface area contributed by atoms with Gasteiger partial charge in [-0.05, 0) is 25.1 Å². The first-order valence-electron chi connectivity index (χ1n) is 5.05. The van der Waals surface area contributed by atoms with Crippen LogP contribution >= 0.6 is 11.8 Å². The van der Waals surface area contributed by atoms with Gasteiger partial charge in [0.1, 0.15) is 5.76 Å². The first-order chi connectivity index (χ1) is 7.54. The van der Waals surface area contributed by atoms with Gasteiger partial charge in [0.05, 0.1) is 5.75 Å². The number of nitrogens with zero attached hydrogens (tertiary/aromatic N) is 1. The van der Waals surface area contributed by atoms with Crippen LogP contribution in [0, 0.1) is 12.8 Å². The molecule has 1 atom stereocenters. The summed E-state index contributed by atoms with van der Waals surface area (Å²) in [6.07, 6.45) is 0. The van der Waals surface area contributed by atoms with E-state index >= 15 is 0 Å². The molecule has 0 bridgehead atoms. The molecular weight excluding hydrogens is 228 g/mol. The average Bonchev–Trinajstić information content (AvgIpc) is 2.57. The fraction of sp³-hybridized carbons (Fsp3) is 0.600. The number of nitrogens with two attached hydrogens (primary N) is 1. The zero-order valence-electron chi connectivity index (χ0n) is 9.43. The van der Waals surface area contributed by atoms with Crippen LogP contribution in [0.1, 0.15) is 17.5 Å². The minimum absolute atomic E-state index is 0.233. The Labute approximate surface area is 97.9 Å². The molecule has 0 saturated carbocycles. The molecule has 0 radical (unpaired) electrons. The van der Waals surface area contributed by atoms with Gasteiger partial charge in [-0.3, -0.25) is 9.59 Å². The van der Waals surface area contributed by atoms with E-state index in [1.807, 2.05) is 6.92 Å². The minimum atomic E-state index is -0.407. The second kappa shape index (κ2) is 5.91. The maximum atomic E-state index is 11.6. The van der Waals surface area contributed by atoms with Gasteiger partial charge in [-0.15, -0.1) is 4.74 Å². The van der Waals surface area contributed by atoms with E-state index < -0.39 is 5.56 Å². The van der Waals surface area contributed by atoms with E-state index in [0.717, 1.165) is 10.5 Å². The molecule has 90 valence electrons. The van der Waals surface area contributed by atoms with E-state index in [2.05, 4.69) is 0 Å². The molecule has 2 N–H and O–H groups in total. The number of thioether (sulfide) groups is 1. The normalized spacial score (nSPS) is 12.7. The predicted octanol–water partition coefficient (Wildman–Crippen LogP) is 0.718. The monoisotopic (exact) mass is 244 g/mol. The summed E-state index contributed by atoms with van der Waals surface area (Å²) in [4.78, 5) is 22.8. The lowest BCUT2D eigenvalue weighted by Gasteiger charge is -2.06. The number of carbonyl (C=O) groups excluding carboxylic acids is 1. The molecule has 1 aromatic rings. The van der Waals surface area contributed by atoms with Crippen molar-refractivity contribution in [2.24, 2.45) is 11.7 Å². The lowest BCUT2D eigenvalue weighted by Crippen LogP contribution is -2.24. The van der Waals surface area contributed by atoms with E-state index in [9.17, 15) is 9.59 Å². The van der Waals surface area contributed by atoms with E-state index in [0.29, 0.717) is 18.2 Å². The summed E-state index contributed by atoms with van der Waals surface area (Å²) in [5.74, 6) is 1.52. The molecule has 0 amide bonds. The summed E-state index contributed by atoms with van der Waals surface area (Å²) in [6.45, 7) is 4.25. The highest BCUT2D eigenvalue weighted by atomic mass is 32.2. The van der Waals surface area contributed by atoms with Gasteiger partial charge < -0.3 is 10.3 Å². The molecule has 1 heterocycles. The predicted molar refractivity (Wildman–Crippen MR) is 63.9 cm³/mol. The Bertz CT molecular complexity index is 410. The Balaban J connectivity index is 2.47. The van der Waals surface area contributed by atoms with Gasteiger partial charge in [-0.2, -0.15) is 11.8 Å². The van der Waals surface area contributed by atoms with Crippen LogP contribution in [-0.2, 0) is 0 Å². The van der Waals surface area contributed by atoms with Gasteiger partial charge in [0.25, 0.3) is 11.5 Å². The van der Waals surface area contributed by atoms with E-state index in [-0.39, 0.29) is 11.7 Å². The summed E-state index contributed by atoms with van der Waals surface area (Å²) >= 11 is 1.46. The minimum Gasteiger partial charge on any atom is -0.373 e. The SMILES string of the molecule is Cc1cc(=O)n(C(=O)CSCC(C)CN)o1. The highest BCUT2D eigenvalue weighted by Gasteiger charge is 2.12. The van der Waals surface area contributed by atoms with E-state index in [4.69, 9.17) is 10.3 Å². The van der Waals surface area contributed by atoms with Crippen molar-refractivity contribution >= 4 is 17.7 Å². The van der Waals surface area contributed by atoms with Crippen molar-refractivity contribution < 1.29 is 9.32 Å². The van der Waals surface area contributed by atoms with Crippen LogP contribution in [0.4, 0.5) is 0 Å². The molecular formula is C10H16N2O3S. The zero-order chi connectivity index (χ0) is 12.1. The Kier molecular flexibility index (Phi) is 4.82. The van der Waals surface area contributed by atoms with Crippen molar-refractivity contribution in [3.63, 3.8) is 0 Å². The van der Waals surface area contributed by atoms with Crippen molar-refractivity contribution in [2.75, 3.05) is 18.1 Å². The van der Waals surface area contributed by atoms with Gasteiger partial charge in [-0.25, -0.2) is 0 Å². The quantitative estimate of drug-likeness (QED) is 0.825. The maximum Gasteiger partial charge on any atom is 0.290 e. The standard InChI is InChI=1S/C10H16N2O3S/c1-7(4-11)5-16-6-10(14)12-9(13)3-8(2)15-12/h3,7H,4-6,11H2,1-2H3. The van der Waals surface area contributed by atoms with Crippen LogP contribution in [0.2, 0.25) is 0 Å². The first-order valence-corrected chi connectivity index (χ1v) is 6.21. The van der Waals surface area contributed by atoms with Crippen LogP contribution in [0.15, 0.2) is 15.4 Å². The summed E-state index contributed by atoms with van der Waals surface area (Å²) < 4.78 is 5.78. The van der Waals surface area contributed by atoms with Crippen molar-refractivity contribution in [1.82, 2.24) is 4.74 Å². The van der Waals surface area contributed by atoms with Gasteiger partial charge in [-0.1, -0.05) is 6.92 Å². The van der Waals surface area contributed by atoms with Gasteiger partial charge in [0.15, 0.2) is 0 Å². The van der Waals surface area contributed by atoms with Gasteiger partial charge >= 0.3 is 0 Å². The summed E-state index contributed by atoms with van der Waals surface area (Å²) in [5.41, 5.74) is 5.05. The third kappa shape index (κ3) is 3.53. The lowest BCUT2D eigenvalue weighted by atomic mass is 10.2. The first kappa shape index (κ1) is 13.1. The Morgan fingerprint density at radius 1 is 1.69 bits per heavy atom. The highest BCUT2D eigenvalue weighted by Crippen LogP contribution is 2.07. The largest absolute Gasteiger partial charge is 0.373 e. The molecule has 1 aromatic heterocycles. The third-order valence-corrected chi connectivity index (χ3v) is 3.27. The number of aryl methyl sites for hydroxylation is 1. The molecule has 0 aromatic carbocycles. The van der Waals surface area contributed by atoms with E-state index in [1.165, 1.54) is 17.8 Å². The smallest absolute Gasteiger partial charge is 0.290 e. The van der Waals surface area contributed by atoms with Crippen molar-refractivity contribution in [3.8, 4) is 0 Å². The zero-order valence-corrected chi connectivity index (χ0v) is 10.3. The van der Waals surface area contributed by atoms with Crippen LogP contribution in [0.25, 0.3) is 0 Å². The topological polar surface area (TPSA) is 78.2 Å².